The summed E-state index contributed by atoms with van der Waals surface area (Å²) in [5.74, 6) is 1.60. The molecule has 4 heteroatoms. The molecule has 0 radical (unpaired) electrons. The van der Waals surface area contributed by atoms with Crippen LogP contribution in [0.5, 0.6) is 11.5 Å². The average molecular weight is 421 g/mol. The molecule has 0 aliphatic rings. The maximum Gasteiger partial charge on any atom is 0.130 e. The van der Waals surface area contributed by atoms with Crippen molar-refractivity contribution in [3.05, 3.63) is 77.9 Å². The largest absolute Gasteiger partial charge is 0.457 e. The van der Waals surface area contributed by atoms with Gasteiger partial charge in [0, 0.05) is 20.0 Å². The van der Waals surface area contributed by atoms with E-state index in [4.69, 9.17) is 9.47 Å². The third kappa shape index (κ3) is 6.83. The van der Waals surface area contributed by atoms with E-state index in [1.54, 1.807) is 6.08 Å². The molecule has 2 aromatic rings. The van der Waals surface area contributed by atoms with Gasteiger partial charge in [-0.05, 0) is 75.6 Å². The minimum Gasteiger partial charge on any atom is -0.457 e. The number of aliphatic imine (C=N–C) groups is 1. The van der Waals surface area contributed by atoms with Crippen LogP contribution < -0.4 is 4.74 Å². The Morgan fingerprint density at radius 2 is 1.94 bits per heavy atom. The number of aryl methyl sites for hydroxylation is 2. The SMILES string of the molecule is C=CCOC(C)(CC(=C)C)c1cccc(Oc2cc(C)c(N=CN(C)CC)cc2C)c1. The Balaban J connectivity index is 2.31. The molecule has 0 saturated heterocycles. The lowest BCUT2D eigenvalue weighted by Gasteiger charge is -2.31. The van der Waals surface area contributed by atoms with Gasteiger partial charge >= 0.3 is 0 Å². The van der Waals surface area contributed by atoms with Crippen molar-refractivity contribution in [2.24, 2.45) is 4.99 Å². The summed E-state index contributed by atoms with van der Waals surface area (Å²) in [4.78, 5) is 6.64. The quantitative estimate of drug-likeness (QED) is 0.221. The smallest absolute Gasteiger partial charge is 0.130 e. The second-order valence-corrected chi connectivity index (χ2v) is 8.32. The number of hydrogen-bond acceptors (Lipinski definition) is 3. The van der Waals surface area contributed by atoms with Crippen molar-refractivity contribution in [2.75, 3.05) is 20.2 Å². The molecule has 0 aliphatic heterocycles. The van der Waals surface area contributed by atoms with Gasteiger partial charge in [0.15, 0.2) is 0 Å². The molecule has 4 nitrogen and oxygen atoms in total. The third-order valence-corrected chi connectivity index (χ3v) is 5.22. The summed E-state index contributed by atoms with van der Waals surface area (Å²) in [6.45, 7) is 19.5. The highest BCUT2D eigenvalue weighted by molar-refractivity contribution is 5.64. The van der Waals surface area contributed by atoms with Crippen LogP contribution in [0.4, 0.5) is 5.69 Å². The Morgan fingerprint density at radius 1 is 1.19 bits per heavy atom. The lowest BCUT2D eigenvalue weighted by atomic mass is 9.89. The summed E-state index contributed by atoms with van der Waals surface area (Å²) in [7, 11) is 2.01. The van der Waals surface area contributed by atoms with Crippen molar-refractivity contribution < 1.29 is 9.47 Å². The Bertz CT molecular complexity index is 948. The van der Waals surface area contributed by atoms with Gasteiger partial charge in [0.2, 0.25) is 0 Å². The summed E-state index contributed by atoms with van der Waals surface area (Å²) >= 11 is 0. The van der Waals surface area contributed by atoms with E-state index in [9.17, 15) is 0 Å². The molecule has 2 rings (SSSR count). The van der Waals surface area contributed by atoms with Gasteiger partial charge in [0.1, 0.15) is 11.5 Å². The zero-order valence-corrected chi connectivity index (χ0v) is 19.9. The van der Waals surface area contributed by atoms with Crippen molar-refractivity contribution in [3.8, 4) is 11.5 Å². The fourth-order valence-corrected chi connectivity index (χ4v) is 3.34. The molecule has 1 unspecified atom stereocenters. The first-order valence-electron chi connectivity index (χ1n) is 10.7. The number of benzene rings is 2. The van der Waals surface area contributed by atoms with Gasteiger partial charge in [-0.3, -0.25) is 0 Å². The normalized spacial score (nSPS) is 13.1. The van der Waals surface area contributed by atoms with E-state index in [1.165, 1.54) is 0 Å². The molecule has 0 spiro atoms. The minimum absolute atomic E-state index is 0.475. The first-order chi connectivity index (χ1) is 14.7. The maximum absolute atomic E-state index is 6.28. The fraction of sp³-hybridized carbons (Fsp3) is 0.370. The van der Waals surface area contributed by atoms with Crippen LogP contribution in [0.1, 0.15) is 43.9 Å². The Morgan fingerprint density at radius 3 is 2.58 bits per heavy atom. The summed E-state index contributed by atoms with van der Waals surface area (Å²) in [6.07, 6.45) is 4.35. The third-order valence-electron chi connectivity index (χ3n) is 5.22. The predicted octanol–water partition coefficient (Wildman–Crippen LogP) is 7.09. The van der Waals surface area contributed by atoms with Crippen LogP contribution in [0.15, 0.2) is 66.2 Å². The average Bonchev–Trinajstić information content (AvgIpc) is 2.73. The first-order valence-corrected chi connectivity index (χ1v) is 10.7. The molecule has 0 aliphatic carbocycles. The maximum atomic E-state index is 6.28. The van der Waals surface area contributed by atoms with Crippen molar-refractivity contribution in [3.63, 3.8) is 0 Å². The zero-order chi connectivity index (χ0) is 23.0. The van der Waals surface area contributed by atoms with Gasteiger partial charge in [-0.25, -0.2) is 4.99 Å². The molecule has 0 heterocycles. The molecule has 0 bridgehead atoms. The van der Waals surface area contributed by atoms with E-state index >= 15 is 0 Å². The van der Waals surface area contributed by atoms with Crippen molar-refractivity contribution in [2.45, 2.75) is 46.6 Å². The topological polar surface area (TPSA) is 34.1 Å². The van der Waals surface area contributed by atoms with Crippen molar-refractivity contribution >= 4 is 12.0 Å². The van der Waals surface area contributed by atoms with E-state index in [0.717, 1.165) is 52.4 Å². The number of ether oxygens (including phenoxy) is 2. The number of hydrogen-bond donors (Lipinski definition) is 0. The molecule has 31 heavy (non-hydrogen) atoms. The second kappa shape index (κ2) is 11.0. The second-order valence-electron chi connectivity index (χ2n) is 8.32. The first kappa shape index (κ1) is 24.4. The van der Waals surface area contributed by atoms with Gasteiger partial charge in [-0.2, -0.15) is 0 Å². The molecule has 0 fully saturated rings. The van der Waals surface area contributed by atoms with Crippen molar-refractivity contribution in [1.82, 2.24) is 4.90 Å². The van der Waals surface area contributed by atoms with Crippen molar-refractivity contribution in [1.29, 1.82) is 0 Å². The highest BCUT2D eigenvalue weighted by atomic mass is 16.5. The van der Waals surface area contributed by atoms with Crippen LogP contribution >= 0.6 is 0 Å². The Labute approximate surface area is 187 Å². The number of rotatable bonds is 11. The van der Waals surface area contributed by atoms with Crippen LogP contribution in [0, 0.1) is 13.8 Å². The summed E-state index contributed by atoms with van der Waals surface area (Å²) in [5.41, 5.74) is 4.68. The van der Waals surface area contributed by atoms with E-state index in [1.807, 2.05) is 63.3 Å². The molecule has 0 saturated carbocycles. The summed E-state index contributed by atoms with van der Waals surface area (Å²) in [6, 6.07) is 12.2. The van der Waals surface area contributed by atoms with Gasteiger partial charge in [0.05, 0.1) is 24.2 Å². The van der Waals surface area contributed by atoms with Crippen LogP contribution in [-0.2, 0) is 10.3 Å². The summed E-state index contributed by atoms with van der Waals surface area (Å²) in [5, 5.41) is 0. The van der Waals surface area contributed by atoms with Gasteiger partial charge in [-0.15, -0.1) is 13.2 Å². The van der Waals surface area contributed by atoms with E-state index < -0.39 is 5.60 Å². The van der Waals surface area contributed by atoms with E-state index in [-0.39, 0.29) is 0 Å². The predicted molar refractivity (Wildman–Crippen MR) is 132 cm³/mol. The molecular weight excluding hydrogens is 384 g/mol. The number of nitrogens with zero attached hydrogens (tertiary/aromatic N) is 2. The molecule has 0 N–H and O–H groups in total. The van der Waals surface area contributed by atoms with Gasteiger partial charge < -0.3 is 14.4 Å². The zero-order valence-electron chi connectivity index (χ0n) is 19.9. The van der Waals surface area contributed by atoms with Gasteiger partial charge in [-0.1, -0.05) is 23.8 Å². The highest BCUT2D eigenvalue weighted by Crippen LogP contribution is 2.36. The summed E-state index contributed by atoms with van der Waals surface area (Å²) < 4.78 is 12.4. The van der Waals surface area contributed by atoms with Gasteiger partial charge in [0.25, 0.3) is 0 Å². The lowest BCUT2D eigenvalue weighted by Crippen LogP contribution is -2.26. The minimum atomic E-state index is -0.492. The molecule has 0 amide bonds. The highest BCUT2D eigenvalue weighted by Gasteiger charge is 2.28. The lowest BCUT2D eigenvalue weighted by molar-refractivity contribution is -0.0202. The Hall–Kier alpha value is -2.85. The molecule has 166 valence electrons. The molecular formula is C27H36N2O2. The van der Waals surface area contributed by atoms with Crippen LogP contribution in [0.2, 0.25) is 0 Å². The monoisotopic (exact) mass is 420 g/mol. The van der Waals surface area contributed by atoms with E-state index in [2.05, 4.69) is 44.1 Å². The molecule has 1 atom stereocenters. The van der Waals surface area contributed by atoms with Crippen LogP contribution in [-0.4, -0.2) is 31.4 Å². The van der Waals surface area contributed by atoms with E-state index in [0.29, 0.717) is 6.61 Å². The molecule has 2 aromatic carbocycles. The fourth-order valence-electron chi connectivity index (χ4n) is 3.34. The van der Waals surface area contributed by atoms with Crippen LogP contribution in [0.25, 0.3) is 0 Å². The standard InChI is InChI=1S/C27H36N2O2/c1-9-14-30-27(7,18-20(3)4)23-12-11-13-24(17-23)31-26-16-21(5)25(15-22(26)6)28-19-29(8)10-2/h9,11-13,15-17,19H,1,3,10,14,18H2,2,4-8H3. The van der Waals surface area contributed by atoms with Crippen LogP contribution in [0.3, 0.4) is 0 Å². The Kier molecular flexibility index (Phi) is 8.64. The molecule has 0 aromatic heterocycles.